The first-order valence-electron chi connectivity index (χ1n) is 9.08. The number of hydrogen-bond donors (Lipinski definition) is 0. The van der Waals surface area contributed by atoms with E-state index in [1.165, 1.54) is 5.56 Å². The number of hydrogen-bond acceptors (Lipinski definition) is 6. The molecule has 0 radical (unpaired) electrons. The Labute approximate surface area is 149 Å². The Hall–Kier alpha value is -2.08. The average molecular weight is 344 g/mol. The lowest BCUT2D eigenvalue weighted by atomic mass is 10.2. The summed E-state index contributed by atoms with van der Waals surface area (Å²) in [5.74, 6) is 2.64. The van der Waals surface area contributed by atoms with Crippen LogP contribution < -0.4 is 9.64 Å². The van der Waals surface area contributed by atoms with Gasteiger partial charge in [0.25, 0.3) is 5.95 Å². The van der Waals surface area contributed by atoms with Gasteiger partial charge in [-0.1, -0.05) is 26.0 Å². The van der Waals surface area contributed by atoms with Gasteiger partial charge in [0.15, 0.2) is 0 Å². The predicted molar refractivity (Wildman–Crippen MR) is 98.1 cm³/mol. The molecule has 0 N–H and O–H groups in total. The Morgan fingerprint density at radius 1 is 1.12 bits per heavy atom. The molecule has 2 aromatic rings. The van der Waals surface area contributed by atoms with Crippen molar-refractivity contribution >= 4 is 5.95 Å². The van der Waals surface area contributed by atoms with E-state index in [1.54, 1.807) is 0 Å². The van der Waals surface area contributed by atoms with Crippen molar-refractivity contribution in [3.8, 4) is 5.75 Å². The number of nitrogens with zero attached hydrogens (tertiary/aromatic N) is 4. The maximum absolute atomic E-state index is 5.79. The minimum absolute atomic E-state index is 0.199. The van der Waals surface area contributed by atoms with Gasteiger partial charge in [-0.25, -0.2) is 0 Å². The maximum Gasteiger partial charge on any atom is 0.266 e. The molecule has 136 valence electrons. The first kappa shape index (κ1) is 17.7. The van der Waals surface area contributed by atoms with Crippen molar-refractivity contribution in [1.29, 1.82) is 0 Å². The molecule has 6 heteroatoms. The maximum atomic E-state index is 5.79. The second kappa shape index (κ2) is 7.87. The third kappa shape index (κ3) is 4.72. The van der Waals surface area contributed by atoms with E-state index < -0.39 is 0 Å². The van der Waals surface area contributed by atoms with Gasteiger partial charge in [-0.2, -0.15) is 4.98 Å². The summed E-state index contributed by atoms with van der Waals surface area (Å²) in [4.78, 5) is 9.15. The molecule has 1 aromatic carbocycles. The zero-order valence-corrected chi connectivity index (χ0v) is 15.6. The molecule has 0 unspecified atom stereocenters. The van der Waals surface area contributed by atoms with E-state index in [4.69, 9.17) is 9.26 Å². The van der Waals surface area contributed by atoms with Crippen LogP contribution in [0.15, 0.2) is 28.8 Å². The Morgan fingerprint density at radius 2 is 1.88 bits per heavy atom. The summed E-state index contributed by atoms with van der Waals surface area (Å²) >= 11 is 0. The summed E-state index contributed by atoms with van der Waals surface area (Å²) in [5.41, 5.74) is 1.29. The highest BCUT2D eigenvalue weighted by Gasteiger charge is 2.21. The first-order valence-corrected chi connectivity index (χ1v) is 9.08. The first-order chi connectivity index (χ1) is 12.0. The number of piperazine rings is 1. The Bertz CT molecular complexity index is 676. The second-order valence-electron chi connectivity index (χ2n) is 7.16. The highest BCUT2D eigenvalue weighted by atomic mass is 16.5. The standard InChI is InChI=1S/C19H28N4O2/c1-14(2)18-20-19(21-25-18)23-10-8-22(9-11-23)13-16-6-5-7-17(12-16)24-15(3)4/h5-7,12,14-15H,8-11,13H2,1-4H3. The SMILES string of the molecule is CC(C)Oc1cccc(CN2CCN(c3noc(C(C)C)n3)CC2)c1. The van der Waals surface area contributed by atoms with E-state index in [0.29, 0.717) is 5.89 Å². The Morgan fingerprint density at radius 3 is 2.52 bits per heavy atom. The van der Waals surface area contributed by atoms with Gasteiger partial charge < -0.3 is 14.2 Å². The Balaban J connectivity index is 1.54. The third-order valence-electron chi connectivity index (χ3n) is 4.26. The fourth-order valence-corrected chi connectivity index (χ4v) is 2.94. The second-order valence-corrected chi connectivity index (χ2v) is 7.16. The molecule has 1 fully saturated rings. The minimum Gasteiger partial charge on any atom is -0.491 e. The summed E-state index contributed by atoms with van der Waals surface area (Å²) in [6.45, 7) is 13.0. The van der Waals surface area contributed by atoms with Crippen LogP contribution in [0.3, 0.4) is 0 Å². The average Bonchev–Trinajstić information content (AvgIpc) is 3.05. The van der Waals surface area contributed by atoms with Crippen molar-refractivity contribution in [2.45, 2.75) is 46.3 Å². The van der Waals surface area contributed by atoms with E-state index >= 15 is 0 Å². The Kier molecular flexibility index (Phi) is 5.58. The lowest BCUT2D eigenvalue weighted by Crippen LogP contribution is -2.46. The molecule has 0 atom stereocenters. The largest absolute Gasteiger partial charge is 0.491 e. The normalized spacial score (nSPS) is 16.0. The molecule has 0 spiro atoms. The van der Waals surface area contributed by atoms with E-state index in [0.717, 1.165) is 44.4 Å². The van der Waals surface area contributed by atoms with Crippen LogP contribution in [0.5, 0.6) is 5.75 Å². The molecule has 6 nitrogen and oxygen atoms in total. The van der Waals surface area contributed by atoms with Crippen molar-refractivity contribution in [1.82, 2.24) is 15.0 Å². The monoisotopic (exact) mass is 344 g/mol. The van der Waals surface area contributed by atoms with E-state index in [1.807, 2.05) is 6.07 Å². The van der Waals surface area contributed by atoms with Crippen LogP contribution in [0.4, 0.5) is 5.95 Å². The van der Waals surface area contributed by atoms with Crippen molar-refractivity contribution in [2.24, 2.45) is 0 Å². The lowest BCUT2D eigenvalue weighted by Gasteiger charge is -2.33. The highest BCUT2D eigenvalue weighted by molar-refractivity contribution is 5.30. The molecule has 0 bridgehead atoms. The van der Waals surface area contributed by atoms with Gasteiger partial charge in [-0.05, 0) is 36.7 Å². The highest BCUT2D eigenvalue weighted by Crippen LogP contribution is 2.20. The molecule has 25 heavy (non-hydrogen) atoms. The summed E-state index contributed by atoms with van der Waals surface area (Å²) in [5, 5.41) is 4.11. The molecule has 1 aliphatic rings. The fraction of sp³-hybridized carbons (Fsp3) is 0.579. The van der Waals surface area contributed by atoms with Crippen molar-refractivity contribution < 1.29 is 9.26 Å². The summed E-state index contributed by atoms with van der Waals surface area (Å²) in [7, 11) is 0. The molecule has 0 saturated carbocycles. The minimum atomic E-state index is 0.199. The number of benzene rings is 1. The van der Waals surface area contributed by atoms with Gasteiger partial charge in [0.1, 0.15) is 5.75 Å². The van der Waals surface area contributed by atoms with Crippen LogP contribution in [0.25, 0.3) is 0 Å². The lowest BCUT2D eigenvalue weighted by molar-refractivity contribution is 0.237. The topological polar surface area (TPSA) is 54.6 Å². The van der Waals surface area contributed by atoms with Crippen molar-refractivity contribution in [2.75, 3.05) is 31.1 Å². The van der Waals surface area contributed by atoms with Gasteiger partial charge in [0.05, 0.1) is 6.10 Å². The van der Waals surface area contributed by atoms with Crippen LogP contribution in [-0.4, -0.2) is 47.3 Å². The van der Waals surface area contributed by atoms with Gasteiger partial charge in [0, 0.05) is 38.6 Å². The zero-order valence-electron chi connectivity index (χ0n) is 15.6. The van der Waals surface area contributed by atoms with Gasteiger partial charge >= 0.3 is 0 Å². The zero-order chi connectivity index (χ0) is 17.8. The number of rotatable bonds is 6. The van der Waals surface area contributed by atoms with E-state index in [9.17, 15) is 0 Å². The van der Waals surface area contributed by atoms with E-state index in [-0.39, 0.29) is 12.0 Å². The summed E-state index contributed by atoms with van der Waals surface area (Å²) in [6.07, 6.45) is 0.199. The van der Waals surface area contributed by atoms with Crippen LogP contribution in [-0.2, 0) is 6.54 Å². The quantitative estimate of drug-likeness (QED) is 0.801. The van der Waals surface area contributed by atoms with Gasteiger partial charge in [-0.15, -0.1) is 0 Å². The van der Waals surface area contributed by atoms with Gasteiger partial charge in [0.2, 0.25) is 5.89 Å². The van der Waals surface area contributed by atoms with Crippen LogP contribution in [0, 0.1) is 0 Å². The summed E-state index contributed by atoms with van der Waals surface area (Å²) < 4.78 is 11.1. The number of anilines is 1. The molecule has 2 heterocycles. The molecule has 0 amide bonds. The molecular weight excluding hydrogens is 316 g/mol. The smallest absolute Gasteiger partial charge is 0.266 e. The van der Waals surface area contributed by atoms with Crippen molar-refractivity contribution in [3.05, 3.63) is 35.7 Å². The molecular formula is C19H28N4O2. The fourth-order valence-electron chi connectivity index (χ4n) is 2.94. The molecule has 1 saturated heterocycles. The van der Waals surface area contributed by atoms with Crippen LogP contribution >= 0.6 is 0 Å². The number of ether oxygens (including phenoxy) is 1. The molecule has 1 aliphatic heterocycles. The van der Waals surface area contributed by atoms with Gasteiger partial charge in [-0.3, -0.25) is 4.90 Å². The van der Waals surface area contributed by atoms with Crippen molar-refractivity contribution in [3.63, 3.8) is 0 Å². The van der Waals surface area contributed by atoms with E-state index in [2.05, 4.69) is 65.8 Å². The predicted octanol–water partition coefficient (Wildman–Crippen LogP) is 3.30. The molecule has 1 aromatic heterocycles. The van der Waals surface area contributed by atoms with Crippen LogP contribution in [0.2, 0.25) is 0 Å². The van der Waals surface area contributed by atoms with Crippen LogP contribution in [0.1, 0.15) is 45.1 Å². The number of aromatic nitrogens is 2. The third-order valence-corrected chi connectivity index (χ3v) is 4.26. The summed E-state index contributed by atoms with van der Waals surface area (Å²) in [6, 6.07) is 8.38. The molecule has 0 aliphatic carbocycles. The molecule has 3 rings (SSSR count).